The number of halogens is 6. The van der Waals surface area contributed by atoms with Crippen LogP contribution in [0.3, 0.4) is 0 Å². The van der Waals surface area contributed by atoms with Gasteiger partial charge in [-0.25, -0.2) is 14.4 Å². The van der Waals surface area contributed by atoms with E-state index in [1.807, 2.05) is 62.4 Å². The Bertz CT molecular complexity index is 1670. The van der Waals surface area contributed by atoms with Crippen LogP contribution in [0.4, 0.5) is 31.1 Å². The molecule has 54 heavy (non-hydrogen) atoms. The third-order valence-electron chi connectivity index (χ3n) is 7.15. The van der Waals surface area contributed by atoms with Crippen LogP contribution in [0.5, 0.6) is 11.5 Å². The molecular weight excluding hydrogens is 1000 g/mol. The fourth-order valence-electron chi connectivity index (χ4n) is 4.38. The molecule has 4 rings (SSSR count). The summed E-state index contributed by atoms with van der Waals surface area (Å²) in [5, 5.41) is 0. The summed E-state index contributed by atoms with van der Waals surface area (Å²) in [6.45, 7) is 3.82. The van der Waals surface area contributed by atoms with Gasteiger partial charge in [0.15, 0.2) is 12.2 Å². The first-order chi connectivity index (χ1) is 24.6. The summed E-state index contributed by atoms with van der Waals surface area (Å²) in [6, 6.07) is 22.1. The minimum absolute atomic E-state index is 0. The quantitative estimate of drug-likeness (QED) is 0.0794. The number of hydrogen-bond donors (Lipinski definition) is 0. The Morgan fingerprint density at radius 2 is 0.870 bits per heavy atom. The van der Waals surface area contributed by atoms with Crippen molar-refractivity contribution in [1.29, 1.82) is 0 Å². The van der Waals surface area contributed by atoms with Crippen LogP contribution in [0.25, 0.3) is 0 Å². The Morgan fingerprint density at radius 1 is 0.556 bits per heavy atom. The van der Waals surface area contributed by atoms with Crippen molar-refractivity contribution >= 4 is 41.6 Å². The van der Waals surface area contributed by atoms with Crippen LogP contribution in [0.2, 0.25) is 0 Å². The summed E-state index contributed by atoms with van der Waals surface area (Å²) < 4.78 is 99.1. The maximum absolute atomic E-state index is 13.1. The van der Waals surface area contributed by atoms with Gasteiger partial charge in [0.05, 0.1) is 11.1 Å². The smallest absolute Gasteiger partial charge is 1.00 e. The molecular formula is C37H34Cs2F6O7S2. The third kappa shape index (κ3) is 17.1. The van der Waals surface area contributed by atoms with E-state index < -0.39 is 53.8 Å². The standard InChI is InChI=1S/C37H32F6O7S2.2Cs.2H/c1-23-3-15-29(16-4-23)51-21-19-31(47-27-11-7-25(8-12-27)36(38,39)40)33(44)49-35(46)50-34(45)32(20-22-52-30-17-5-24(2)6-18-30)48-28-13-9-26(10-14-28)37(41,42)43;;;;/h3-18,31-32H,19-22H2,1-2H3;;;;/q;2*+1;2*-1/t31-,32-;;;;/m0..../s1. The monoisotopic (exact) mass is 1030 g/mol. The van der Waals surface area contributed by atoms with Crippen LogP contribution in [-0.4, -0.2) is 41.8 Å². The largest absolute Gasteiger partial charge is 1.00 e. The third-order valence-corrected chi connectivity index (χ3v) is 9.24. The molecule has 17 heteroatoms. The van der Waals surface area contributed by atoms with Crippen LogP contribution >= 0.6 is 23.5 Å². The van der Waals surface area contributed by atoms with E-state index in [1.165, 1.54) is 23.5 Å². The van der Waals surface area contributed by atoms with Gasteiger partial charge in [0, 0.05) is 34.1 Å². The second-order valence-corrected chi connectivity index (χ2v) is 13.6. The van der Waals surface area contributed by atoms with Crippen molar-refractivity contribution in [3.8, 4) is 11.5 Å². The zero-order valence-electron chi connectivity index (χ0n) is 31.7. The van der Waals surface area contributed by atoms with E-state index in [0.717, 1.165) is 69.4 Å². The minimum Gasteiger partial charge on any atom is -1.00 e. The average Bonchev–Trinajstić information content (AvgIpc) is 3.08. The summed E-state index contributed by atoms with van der Waals surface area (Å²) in [7, 11) is 0. The molecule has 0 fully saturated rings. The van der Waals surface area contributed by atoms with Gasteiger partial charge in [-0.2, -0.15) is 26.3 Å². The zero-order chi connectivity index (χ0) is 37.9. The average molecular weight is 1030 g/mol. The molecule has 4 aromatic carbocycles. The van der Waals surface area contributed by atoms with E-state index in [9.17, 15) is 40.7 Å². The molecule has 0 N–H and O–H groups in total. The maximum atomic E-state index is 13.1. The van der Waals surface area contributed by atoms with Gasteiger partial charge in [-0.1, -0.05) is 35.4 Å². The summed E-state index contributed by atoms with van der Waals surface area (Å²) in [5.41, 5.74) is 0.172. The zero-order valence-corrected chi connectivity index (χ0v) is 43.9. The predicted octanol–water partition coefficient (Wildman–Crippen LogP) is 4.34. The van der Waals surface area contributed by atoms with Gasteiger partial charge in [0.25, 0.3) is 0 Å². The number of alkyl halides is 6. The number of carbonyl (C=O) groups excluding carboxylic acids is 3. The van der Waals surface area contributed by atoms with Crippen molar-refractivity contribution in [3.05, 3.63) is 119 Å². The molecule has 0 bridgehead atoms. The number of aryl methyl sites for hydroxylation is 2. The fraction of sp³-hybridized carbons (Fsp3) is 0.270. The first-order valence-corrected chi connectivity index (χ1v) is 17.6. The van der Waals surface area contributed by atoms with Gasteiger partial charge in [0.2, 0.25) is 0 Å². The number of rotatable bonds is 14. The Balaban J connectivity index is 0.00000756. The van der Waals surface area contributed by atoms with Gasteiger partial charge in [-0.3, -0.25) is 0 Å². The molecule has 0 unspecified atom stereocenters. The Labute approximate surface area is 437 Å². The van der Waals surface area contributed by atoms with Crippen molar-refractivity contribution in [2.24, 2.45) is 0 Å². The SMILES string of the molecule is Cc1ccc(SCC[C@H](Oc2ccc(C(F)(F)F)cc2)C(=O)OC(=O)OC(=O)[C@H](CCSc2ccc(C)cc2)Oc2ccc(C(F)(F)F)cc2)cc1.[Cs+].[Cs+].[H-].[H-]. The number of thioether (sulfide) groups is 2. The van der Waals surface area contributed by atoms with Gasteiger partial charge in [-0.05, 0) is 86.6 Å². The molecule has 280 valence electrons. The number of hydrogen-bond acceptors (Lipinski definition) is 9. The van der Waals surface area contributed by atoms with E-state index in [4.69, 9.17) is 18.9 Å². The molecule has 0 spiro atoms. The number of carbonyl (C=O) groups is 3. The molecule has 0 radical (unpaired) electrons. The topological polar surface area (TPSA) is 88.1 Å². The van der Waals surface area contributed by atoms with Gasteiger partial charge < -0.3 is 21.8 Å². The Morgan fingerprint density at radius 3 is 1.17 bits per heavy atom. The number of benzene rings is 4. The van der Waals surface area contributed by atoms with E-state index >= 15 is 0 Å². The molecule has 0 aliphatic rings. The molecule has 0 saturated heterocycles. The van der Waals surface area contributed by atoms with Crippen molar-refractivity contribution in [1.82, 2.24) is 0 Å². The molecule has 0 amide bonds. The normalized spacial score (nSPS) is 12.3. The molecule has 0 aliphatic heterocycles. The van der Waals surface area contributed by atoms with E-state index in [2.05, 4.69) is 0 Å². The maximum Gasteiger partial charge on any atom is 1.00 e. The minimum atomic E-state index is -4.61. The molecule has 0 aromatic heterocycles. The van der Waals surface area contributed by atoms with E-state index in [1.54, 1.807) is 0 Å². The van der Waals surface area contributed by atoms with Gasteiger partial charge in [0.1, 0.15) is 11.5 Å². The second-order valence-electron chi connectivity index (χ2n) is 11.2. The predicted molar refractivity (Wildman–Crippen MR) is 185 cm³/mol. The van der Waals surface area contributed by atoms with Crippen molar-refractivity contribution in [2.75, 3.05) is 11.5 Å². The van der Waals surface area contributed by atoms with Crippen LogP contribution in [0, 0.1) is 13.8 Å². The first-order valence-electron chi connectivity index (χ1n) is 15.6. The van der Waals surface area contributed by atoms with Crippen molar-refractivity contribution < 1.29 is 200 Å². The van der Waals surface area contributed by atoms with Crippen molar-refractivity contribution in [3.63, 3.8) is 0 Å². The summed E-state index contributed by atoms with van der Waals surface area (Å²) >= 11 is 2.69. The molecule has 7 nitrogen and oxygen atoms in total. The van der Waals surface area contributed by atoms with Gasteiger partial charge >= 0.3 is 168 Å². The number of esters is 2. The molecule has 4 aromatic rings. The Kier molecular flexibility index (Phi) is 21.8. The van der Waals surface area contributed by atoms with Crippen LogP contribution in [0.1, 0.15) is 37.9 Å². The number of ether oxygens (including phenoxy) is 4. The molecule has 0 aliphatic carbocycles. The molecule has 2 atom stereocenters. The van der Waals surface area contributed by atoms with Crippen LogP contribution < -0.4 is 147 Å². The van der Waals surface area contributed by atoms with E-state index in [-0.39, 0.29) is 176 Å². The summed E-state index contributed by atoms with van der Waals surface area (Å²) in [5.74, 6) is -2.26. The first kappa shape index (κ1) is 49.6. The fourth-order valence-corrected chi connectivity index (χ4v) is 6.17. The Hall–Kier alpha value is -0.526. The summed E-state index contributed by atoms with van der Waals surface area (Å²) in [4.78, 5) is 40.6. The second kappa shape index (κ2) is 23.8. The van der Waals surface area contributed by atoms with Gasteiger partial charge in [-0.15, -0.1) is 23.5 Å². The van der Waals surface area contributed by atoms with E-state index in [0.29, 0.717) is 0 Å². The molecule has 0 heterocycles. The van der Waals surface area contributed by atoms with Crippen LogP contribution in [0.15, 0.2) is 107 Å². The summed E-state index contributed by atoms with van der Waals surface area (Å²) in [6.07, 6.45) is -14.1. The van der Waals surface area contributed by atoms with Crippen LogP contribution in [-0.2, 0) is 31.4 Å². The van der Waals surface area contributed by atoms with Crippen molar-refractivity contribution in [2.45, 2.75) is 61.0 Å². The molecule has 0 saturated carbocycles.